The lowest BCUT2D eigenvalue weighted by Crippen LogP contribution is -2.48. The van der Waals surface area contributed by atoms with Crippen molar-refractivity contribution < 1.29 is 29.0 Å². The number of carboxylic acid groups (broad SMARTS) is 1. The molecule has 1 aliphatic carbocycles. The summed E-state index contributed by atoms with van der Waals surface area (Å²) in [7, 11) is 0. The van der Waals surface area contributed by atoms with Crippen LogP contribution >= 0.6 is 0 Å². The quantitative estimate of drug-likeness (QED) is 0.442. The fourth-order valence-electron chi connectivity index (χ4n) is 5.93. The van der Waals surface area contributed by atoms with E-state index < -0.39 is 5.97 Å². The van der Waals surface area contributed by atoms with Crippen LogP contribution < -0.4 is 9.47 Å². The summed E-state index contributed by atoms with van der Waals surface area (Å²) in [5, 5.41) is 9.49. The van der Waals surface area contributed by atoms with Crippen molar-refractivity contribution in [2.45, 2.75) is 71.0 Å². The van der Waals surface area contributed by atoms with Gasteiger partial charge >= 0.3 is 5.97 Å². The molecular formula is C30H36N2O6. The van der Waals surface area contributed by atoms with Gasteiger partial charge in [-0.2, -0.15) is 0 Å². The number of benzene rings is 2. The predicted molar refractivity (Wildman–Crippen MR) is 141 cm³/mol. The molecule has 38 heavy (non-hydrogen) atoms. The van der Waals surface area contributed by atoms with Crippen LogP contribution in [-0.4, -0.2) is 58.5 Å². The molecule has 1 unspecified atom stereocenters. The molecule has 2 aliphatic heterocycles. The van der Waals surface area contributed by atoms with Gasteiger partial charge in [0.05, 0.1) is 19.1 Å². The highest BCUT2D eigenvalue weighted by Gasteiger charge is 2.40. The average molecular weight is 521 g/mol. The number of fused-ring (bicyclic) bond motifs is 1. The van der Waals surface area contributed by atoms with E-state index in [1.165, 1.54) is 16.0 Å². The van der Waals surface area contributed by atoms with Crippen molar-refractivity contribution in [1.29, 1.82) is 0 Å². The molecule has 1 saturated carbocycles. The minimum atomic E-state index is -0.710. The van der Waals surface area contributed by atoms with Gasteiger partial charge in [0, 0.05) is 37.9 Å². The molecule has 0 aromatic heterocycles. The fraction of sp³-hybridized carbons (Fsp3) is 0.500. The molecule has 202 valence electrons. The van der Waals surface area contributed by atoms with Gasteiger partial charge in [-0.1, -0.05) is 31.2 Å². The van der Waals surface area contributed by atoms with E-state index in [-0.39, 0.29) is 55.8 Å². The molecule has 2 heterocycles. The van der Waals surface area contributed by atoms with Crippen LogP contribution in [0.2, 0.25) is 0 Å². The largest absolute Gasteiger partial charge is 0.493 e. The lowest BCUT2D eigenvalue weighted by atomic mass is 9.78. The Morgan fingerprint density at radius 3 is 2.58 bits per heavy atom. The molecule has 0 bridgehead atoms. The van der Waals surface area contributed by atoms with E-state index in [0.717, 1.165) is 42.1 Å². The number of rotatable bonds is 11. The van der Waals surface area contributed by atoms with Crippen LogP contribution in [0.5, 0.6) is 11.5 Å². The van der Waals surface area contributed by atoms with Gasteiger partial charge in [-0.15, -0.1) is 0 Å². The van der Waals surface area contributed by atoms with Crippen LogP contribution in [-0.2, 0) is 27.3 Å². The van der Waals surface area contributed by atoms with Crippen molar-refractivity contribution in [3.05, 3.63) is 58.7 Å². The molecule has 5 rings (SSSR count). The minimum absolute atomic E-state index is 0.131. The Labute approximate surface area is 223 Å². The van der Waals surface area contributed by atoms with E-state index in [4.69, 9.17) is 9.47 Å². The first kappa shape index (κ1) is 26.2. The number of amides is 2. The van der Waals surface area contributed by atoms with Crippen molar-refractivity contribution in [2.75, 3.05) is 19.8 Å². The van der Waals surface area contributed by atoms with Gasteiger partial charge in [-0.05, 0) is 60.6 Å². The SMILES string of the molecule is CCC(c1ccc2c(c1)CCO2)N(Cc1ccc(OCCN2C(=O)CCC2=O)c(C)c1)[C@H]1C[C@@H](C(=O)O)C1. The van der Waals surface area contributed by atoms with Gasteiger partial charge < -0.3 is 14.6 Å². The monoisotopic (exact) mass is 520 g/mol. The Kier molecular flexibility index (Phi) is 7.70. The zero-order valence-electron chi connectivity index (χ0n) is 22.2. The lowest BCUT2D eigenvalue weighted by Gasteiger charge is -2.45. The Bertz CT molecular complexity index is 1210. The minimum Gasteiger partial charge on any atom is -0.493 e. The molecule has 2 aromatic carbocycles. The van der Waals surface area contributed by atoms with Gasteiger partial charge in [-0.25, -0.2) is 0 Å². The van der Waals surface area contributed by atoms with Gasteiger partial charge in [0.2, 0.25) is 11.8 Å². The summed E-state index contributed by atoms with van der Waals surface area (Å²) in [5.74, 6) is 0.453. The molecule has 8 heteroatoms. The van der Waals surface area contributed by atoms with Crippen molar-refractivity contribution in [2.24, 2.45) is 5.92 Å². The number of carboxylic acids is 1. The van der Waals surface area contributed by atoms with Gasteiger partial charge in [-0.3, -0.25) is 24.2 Å². The number of carbonyl (C=O) groups is 3. The van der Waals surface area contributed by atoms with E-state index in [1.807, 2.05) is 13.0 Å². The van der Waals surface area contributed by atoms with Crippen molar-refractivity contribution in [3.63, 3.8) is 0 Å². The molecule has 1 atom stereocenters. The third-order valence-corrected chi connectivity index (χ3v) is 8.15. The van der Waals surface area contributed by atoms with Gasteiger partial charge in [0.1, 0.15) is 18.1 Å². The molecule has 0 radical (unpaired) electrons. The van der Waals surface area contributed by atoms with Crippen molar-refractivity contribution in [1.82, 2.24) is 9.80 Å². The highest BCUT2D eigenvalue weighted by molar-refractivity contribution is 6.01. The maximum Gasteiger partial charge on any atom is 0.306 e. The Morgan fingerprint density at radius 1 is 1.13 bits per heavy atom. The number of aryl methyl sites for hydroxylation is 1. The molecule has 1 saturated heterocycles. The summed E-state index contributed by atoms with van der Waals surface area (Å²) in [6, 6.07) is 13.0. The summed E-state index contributed by atoms with van der Waals surface area (Å²) in [6.45, 7) is 6.15. The second-order valence-electron chi connectivity index (χ2n) is 10.6. The summed E-state index contributed by atoms with van der Waals surface area (Å²) in [5.41, 5.74) is 4.62. The maximum atomic E-state index is 11.8. The second kappa shape index (κ2) is 11.2. The molecule has 1 N–H and O–H groups in total. The summed E-state index contributed by atoms with van der Waals surface area (Å²) in [4.78, 5) is 38.9. The standard InChI is InChI=1S/C30H36N2O6/c1-3-25(21-5-7-27-22(15-21)10-12-37-27)32(24-16-23(17-24)30(35)36)18-20-4-6-26(19(2)14-20)38-13-11-31-28(33)8-9-29(31)34/h4-7,14-15,23-25H,3,8-13,16-18H2,1-2H3,(H,35,36)/t23-,24+,25?. The molecule has 2 aromatic rings. The van der Waals surface area contributed by atoms with E-state index in [0.29, 0.717) is 19.4 Å². The highest BCUT2D eigenvalue weighted by atomic mass is 16.5. The number of imide groups is 1. The first-order valence-electron chi connectivity index (χ1n) is 13.6. The highest BCUT2D eigenvalue weighted by Crippen LogP contribution is 2.40. The normalized spacial score (nSPS) is 21.3. The smallest absolute Gasteiger partial charge is 0.306 e. The zero-order valence-corrected chi connectivity index (χ0v) is 22.2. The van der Waals surface area contributed by atoms with Crippen LogP contribution in [0.25, 0.3) is 0 Å². The second-order valence-corrected chi connectivity index (χ2v) is 10.6. The van der Waals surface area contributed by atoms with Crippen LogP contribution in [0.1, 0.15) is 67.3 Å². The van der Waals surface area contributed by atoms with E-state index >= 15 is 0 Å². The molecule has 2 fully saturated rings. The van der Waals surface area contributed by atoms with Gasteiger partial charge in [0.25, 0.3) is 0 Å². The number of aliphatic carboxylic acids is 1. The van der Waals surface area contributed by atoms with E-state index in [9.17, 15) is 19.5 Å². The summed E-state index contributed by atoms with van der Waals surface area (Å²) >= 11 is 0. The topological polar surface area (TPSA) is 96.4 Å². The number of hydrogen-bond donors (Lipinski definition) is 1. The maximum absolute atomic E-state index is 11.8. The number of nitrogens with zero attached hydrogens (tertiary/aromatic N) is 2. The summed E-state index contributed by atoms with van der Waals surface area (Å²) in [6.07, 6.45) is 3.74. The predicted octanol–water partition coefficient (Wildman–Crippen LogP) is 4.27. The van der Waals surface area contributed by atoms with Crippen LogP contribution in [0.3, 0.4) is 0 Å². The molecule has 8 nitrogen and oxygen atoms in total. The molecule has 3 aliphatic rings. The van der Waals surface area contributed by atoms with E-state index in [1.54, 1.807) is 0 Å². The summed E-state index contributed by atoms with van der Waals surface area (Å²) < 4.78 is 11.6. The zero-order chi connectivity index (χ0) is 26.8. The van der Waals surface area contributed by atoms with Gasteiger partial charge in [0.15, 0.2) is 0 Å². The fourth-order valence-corrected chi connectivity index (χ4v) is 5.93. The first-order chi connectivity index (χ1) is 18.3. The lowest BCUT2D eigenvalue weighted by molar-refractivity contribution is -0.148. The van der Waals surface area contributed by atoms with Crippen LogP contribution in [0.4, 0.5) is 0 Å². The Morgan fingerprint density at radius 2 is 1.89 bits per heavy atom. The number of hydrogen-bond acceptors (Lipinski definition) is 6. The first-order valence-corrected chi connectivity index (χ1v) is 13.6. The molecule has 2 amide bonds. The van der Waals surface area contributed by atoms with Crippen molar-refractivity contribution >= 4 is 17.8 Å². The number of carbonyl (C=O) groups excluding carboxylic acids is 2. The van der Waals surface area contributed by atoms with Crippen LogP contribution in [0.15, 0.2) is 36.4 Å². The van der Waals surface area contributed by atoms with Crippen molar-refractivity contribution in [3.8, 4) is 11.5 Å². The van der Waals surface area contributed by atoms with E-state index in [2.05, 4.69) is 42.2 Å². The molecular weight excluding hydrogens is 484 g/mol. The Balaban J connectivity index is 1.30. The van der Waals surface area contributed by atoms with Crippen LogP contribution in [0, 0.1) is 12.8 Å². The third-order valence-electron chi connectivity index (χ3n) is 8.15. The number of ether oxygens (including phenoxy) is 2. The average Bonchev–Trinajstić information content (AvgIpc) is 3.45. The third kappa shape index (κ3) is 5.41. The number of likely N-dealkylation sites (tertiary alicyclic amines) is 1. The Hall–Kier alpha value is -3.39. The molecule has 0 spiro atoms.